The smallest absolute Gasteiger partial charge is 0.391 e. The van der Waals surface area contributed by atoms with Crippen LogP contribution in [0.1, 0.15) is 31.2 Å². The van der Waals surface area contributed by atoms with Crippen LogP contribution in [0, 0.1) is 11.8 Å². The lowest BCUT2D eigenvalue weighted by Crippen LogP contribution is -2.42. The average molecular weight is 378 g/mol. The van der Waals surface area contributed by atoms with Gasteiger partial charge in [-0.15, -0.1) is 0 Å². The Morgan fingerprint density at radius 2 is 1.84 bits per heavy atom. The number of aliphatic carboxylic acids is 1. The molecule has 2 unspecified atom stereocenters. The fraction of sp³-hybridized carbons (Fsp3) is 0.529. The van der Waals surface area contributed by atoms with Crippen molar-refractivity contribution in [3.8, 4) is 0 Å². The zero-order valence-electron chi connectivity index (χ0n) is 13.4. The first-order valence-corrected chi connectivity index (χ1v) is 8.36. The van der Waals surface area contributed by atoms with E-state index in [9.17, 15) is 22.8 Å². The summed E-state index contributed by atoms with van der Waals surface area (Å²) < 4.78 is 38.8. The zero-order chi connectivity index (χ0) is 18.6. The van der Waals surface area contributed by atoms with Gasteiger partial charge in [-0.05, 0) is 37.0 Å². The minimum absolute atomic E-state index is 0.0173. The number of carboxylic acid groups (broad SMARTS) is 1. The van der Waals surface area contributed by atoms with Crippen LogP contribution in [0.15, 0.2) is 24.3 Å². The Hall–Kier alpha value is -1.76. The van der Waals surface area contributed by atoms with E-state index in [0.717, 1.165) is 4.90 Å². The molecule has 1 aliphatic carbocycles. The van der Waals surface area contributed by atoms with E-state index in [1.165, 1.54) is 0 Å². The van der Waals surface area contributed by atoms with Gasteiger partial charge in [-0.25, -0.2) is 0 Å². The minimum Gasteiger partial charge on any atom is -0.480 e. The summed E-state index contributed by atoms with van der Waals surface area (Å²) >= 11 is 5.79. The van der Waals surface area contributed by atoms with Gasteiger partial charge in [-0.1, -0.05) is 30.2 Å². The zero-order valence-corrected chi connectivity index (χ0v) is 14.2. The van der Waals surface area contributed by atoms with Crippen molar-refractivity contribution in [2.45, 2.75) is 38.4 Å². The van der Waals surface area contributed by atoms with Crippen LogP contribution in [0.4, 0.5) is 13.2 Å². The lowest BCUT2D eigenvalue weighted by Gasteiger charge is -2.33. The number of rotatable bonds is 5. The second-order valence-corrected chi connectivity index (χ2v) is 6.75. The monoisotopic (exact) mass is 377 g/mol. The van der Waals surface area contributed by atoms with E-state index in [1.54, 1.807) is 24.3 Å². The van der Waals surface area contributed by atoms with Gasteiger partial charge in [-0.3, -0.25) is 9.59 Å². The largest absolute Gasteiger partial charge is 0.480 e. The minimum atomic E-state index is -4.33. The molecule has 1 amide bonds. The summed E-state index contributed by atoms with van der Waals surface area (Å²) in [6.45, 7) is -0.524. The molecule has 0 bridgehead atoms. The third-order valence-corrected chi connectivity index (χ3v) is 4.66. The summed E-state index contributed by atoms with van der Waals surface area (Å²) in [5.74, 6) is -4.04. The predicted octanol–water partition coefficient (Wildman–Crippen LogP) is 4.12. The second kappa shape index (κ2) is 8.08. The Labute approximate surface area is 148 Å². The number of carbonyl (C=O) groups is 2. The summed E-state index contributed by atoms with van der Waals surface area (Å²) in [5, 5.41) is 9.54. The van der Waals surface area contributed by atoms with Gasteiger partial charge in [0.05, 0.1) is 5.92 Å². The fourth-order valence-electron chi connectivity index (χ4n) is 3.15. The van der Waals surface area contributed by atoms with Gasteiger partial charge in [0.25, 0.3) is 0 Å². The molecular formula is C17H19ClF3NO3. The molecule has 0 aliphatic heterocycles. The molecule has 1 N–H and O–H groups in total. The molecule has 0 spiro atoms. The molecule has 2 atom stereocenters. The number of amides is 1. The molecular weight excluding hydrogens is 359 g/mol. The van der Waals surface area contributed by atoms with Crippen molar-refractivity contribution in [1.82, 2.24) is 4.90 Å². The number of carboxylic acids is 1. The van der Waals surface area contributed by atoms with Crippen LogP contribution < -0.4 is 0 Å². The van der Waals surface area contributed by atoms with Crippen molar-refractivity contribution in [2.75, 3.05) is 6.54 Å². The highest BCUT2D eigenvalue weighted by molar-refractivity contribution is 6.30. The van der Waals surface area contributed by atoms with E-state index in [0.29, 0.717) is 23.4 Å². The molecule has 1 fully saturated rings. The molecule has 2 rings (SSSR count). The lowest BCUT2D eigenvalue weighted by atomic mass is 9.80. The van der Waals surface area contributed by atoms with Crippen LogP contribution in [0.25, 0.3) is 0 Å². The third-order valence-electron chi connectivity index (χ3n) is 4.41. The van der Waals surface area contributed by atoms with Crippen molar-refractivity contribution in [3.05, 3.63) is 34.9 Å². The Kier molecular flexibility index (Phi) is 6.32. The fourth-order valence-corrected chi connectivity index (χ4v) is 3.28. The number of halogens is 4. The Morgan fingerprint density at radius 3 is 2.40 bits per heavy atom. The van der Waals surface area contributed by atoms with Crippen LogP contribution in [0.5, 0.6) is 0 Å². The molecule has 25 heavy (non-hydrogen) atoms. The molecule has 4 nitrogen and oxygen atoms in total. The van der Waals surface area contributed by atoms with Crippen LogP contribution >= 0.6 is 11.6 Å². The molecule has 1 aromatic rings. The van der Waals surface area contributed by atoms with Crippen LogP contribution in [-0.4, -0.2) is 34.6 Å². The van der Waals surface area contributed by atoms with Crippen molar-refractivity contribution < 1.29 is 27.9 Å². The van der Waals surface area contributed by atoms with E-state index in [4.69, 9.17) is 16.7 Å². The normalized spacial score (nSPS) is 21.0. The molecule has 138 valence electrons. The molecule has 8 heteroatoms. The summed E-state index contributed by atoms with van der Waals surface area (Å²) in [7, 11) is 0. The first-order valence-electron chi connectivity index (χ1n) is 7.98. The first kappa shape index (κ1) is 19.6. The van der Waals surface area contributed by atoms with E-state index >= 15 is 0 Å². The van der Waals surface area contributed by atoms with Crippen LogP contribution in [0.2, 0.25) is 5.02 Å². The highest BCUT2D eigenvalue weighted by Crippen LogP contribution is 2.40. The molecule has 0 heterocycles. The van der Waals surface area contributed by atoms with Crippen molar-refractivity contribution in [1.29, 1.82) is 0 Å². The van der Waals surface area contributed by atoms with E-state index in [-0.39, 0.29) is 19.4 Å². The number of benzene rings is 1. The van der Waals surface area contributed by atoms with Gasteiger partial charge in [0.2, 0.25) is 5.91 Å². The highest BCUT2D eigenvalue weighted by atomic mass is 35.5. The van der Waals surface area contributed by atoms with Gasteiger partial charge >= 0.3 is 12.1 Å². The summed E-state index contributed by atoms with van der Waals surface area (Å²) in [4.78, 5) is 24.8. The van der Waals surface area contributed by atoms with Crippen molar-refractivity contribution in [3.63, 3.8) is 0 Å². The quantitative estimate of drug-likeness (QED) is 0.839. The highest BCUT2D eigenvalue weighted by Gasteiger charge is 2.44. The van der Waals surface area contributed by atoms with Crippen molar-refractivity contribution in [2.24, 2.45) is 11.8 Å². The van der Waals surface area contributed by atoms with Gasteiger partial charge in [0, 0.05) is 17.5 Å². The number of hydrogen-bond donors (Lipinski definition) is 1. The third kappa shape index (κ3) is 5.63. The number of nitrogens with zero attached hydrogens (tertiary/aromatic N) is 1. The van der Waals surface area contributed by atoms with Gasteiger partial charge in [0.1, 0.15) is 6.54 Å². The van der Waals surface area contributed by atoms with E-state index in [2.05, 4.69) is 0 Å². The second-order valence-electron chi connectivity index (χ2n) is 6.32. The molecule has 0 radical (unpaired) electrons. The summed E-state index contributed by atoms with van der Waals surface area (Å²) in [6, 6.07) is 6.54. The molecule has 1 aliphatic rings. The Morgan fingerprint density at radius 1 is 1.20 bits per heavy atom. The van der Waals surface area contributed by atoms with E-state index < -0.39 is 36.4 Å². The maximum atomic E-state index is 12.9. The maximum Gasteiger partial charge on any atom is 0.391 e. The van der Waals surface area contributed by atoms with Crippen molar-refractivity contribution >= 4 is 23.5 Å². The summed E-state index contributed by atoms with van der Waals surface area (Å²) in [5.41, 5.74) is 0.669. The Bertz CT molecular complexity index is 619. The summed E-state index contributed by atoms with van der Waals surface area (Å²) in [6.07, 6.45) is -3.93. The number of hydrogen-bond acceptors (Lipinski definition) is 2. The predicted molar refractivity (Wildman–Crippen MR) is 86.0 cm³/mol. The van der Waals surface area contributed by atoms with Gasteiger partial charge in [0.15, 0.2) is 0 Å². The lowest BCUT2D eigenvalue weighted by molar-refractivity contribution is -0.187. The molecule has 0 saturated heterocycles. The first-order chi connectivity index (χ1) is 11.7. The molecule has 0 aromatic heterocycles. The van der Waals surface area contributed by atoms with Gasteiger partial charge < -0.3 is 10.0 Å². The average Bonchev–Trinajstić information content (AvgIpc) is 2.54. The van der Waals surface area contributed by atoms with E-state index in [1.807, 2.05) is 0 Å². The number of alkyl halides is 3. The standard InChI is InChI=1S/C17H19ClF3NO3/c18-14-6-4-11(5-7-14)9-22(10-15(23)24)16(25)12-2-1-3-13(8-12)17(19,20)21/h4-7,12-13H,1-3,8-10H2,(H,23,24). The topological polar surface area (TPSA) is 57.6 Å². The number of carbonyl (C=O) groups excluding carboxylic acids is 1. The molecule has 1 aromatic carbocycles. The van der Waals surface area contributed by atoms with Crippen LogP contribution in [-0.2, 0) is 16.1 Å². The van der Waals surface area contributed by atoms with Crippen LogP contribution in [0.3, 0.4) is 0 Å². The maximum absolute atomic E-state index is 12.9. The van der Waals surface area contributed by atoms with Gasteiger partial charge in [-0.2, -0.15) is 13.2 Å². The SMILES string of the molecule is O=C(O)CN(Cc1ccc(Cl)cc1)C(=O)C1CCCC(C(F)(F)F)C1. The Balaban J connectivity index is 2.11. The molecule has 1 saturated carbocycles.